The Hall–Kier alpha value is -4.12. The van der Waals surface area contributed by atoms with Crippen molar-refractivity contribution in [3.05, 3.63) is 51.8 Å². The minimum atomic E-state index is -0.772. The molecule has 0 aliphatic carbocycles. The summed E-state index contributed by atoms with van der Waals surface area (Å²) in [6, 6.07) is 5.73. The number of aromatic nitrogens is 5. The van der Waals surface area contributed by atoms with Crippen LogP contribution in [0.2, 0.25) is 0 Å². The maximum atomic E-state index is 14.8. The number of hydrogen-bond acceptors (Lipinski definition) is 12. The molecule has 0 amide bonds. The fourth-order valence-corrected chi connectivity index (χ4v) is 6.42. The lowest BCUT2D eigenvalue weighted by Crippen LogP contribution is -2.47. The standard InChI is InChI=1S/C28H30F2N8O5S/c1-28(2)42-15-16(43-28)14-41-21-13-19(17(29)12-18(21)30)36-8-5-35(6-9-36)7-10-37-24-22(44-27(37)39)25-32-23(20-4-3-11-40-20)34-38(25)26(31)33-24/h3-4,11-13,16H,5-10,14-15H2,1-2H3,(H2,31,33)/t16-/m0/s1. The van der Waals surface area contributed by atoms with Gasteiger partial charge in [-0.15, -0.1) is 5.10 Å². The molecule has 2 fully saturated rings. The molecule has 4 aromatic heterocycles. The second-order valence-electron chi connectivity index (χ2n) is 11.1. The number of furan rings is 1. The zero-order valence-corrected chi connectivity index (χ0v) is 24.9. The van der Waals surface area contributed by atoms with E-state index in [-0.39, 0.29) is 35.0 Å². The van der Waals surface area contributed by atoms with Gasteiger partial charge in [0.1, 0.15) is 23.2 Å². The Labute approximate surface area is 253 Å². The van der Waals surface area contributed by atoms with E-state index in [4.69, 9.17) is 24.4 Å². The van der Waals surface area contributed by atoms with E-state index in [0.29, 0.717) is 73.5 Å². The van der Waals surface area contributed by atoms with Crippen LogP contribution in [0.5, 0.6) is 5.75 Å². The number of nitrogens with zero attached hydrogens (tertiary/aromatic N) is 7. The number of ether oxygens (including phenoxy) is 3. The Morgan fingerprint density at radius 1 is 1.11 bits per heavy atom. The maximum absolute atomic E-state index is 14.8. The van der Waals surface area contributed by atoms with Crippen molar-refractivity contribution in [2.45, 2.75) is 32.3 Å². The van der Waals surface area contributed by atoms with Gasteiger partial charge < -0.3 is 29.3 Å². The van der Waals surface area contributed by atoms with Crippen LogP contribution >= 0.6 is 11.3 Å². The molecule has 2 N–H and O–H groups in total. The number of halogens is 2. The van der Waals surface area contributed by atoms with Crippen molar-refractivity contribution in [1.29, 1.82) is 0 Å². The summed E-state index contributed by atoms with van der Waals surface area (Å²) in [6.07, 6.45) is 1.18. The molecule has 232 valence electrons. The molecule has 0 spiro atoms. The summed E-state index contributed by atoms with van der Waals surface area (Å²) in [5.74, 6) is -1.25. The molecule has 0 radical (unpaired) electrons. The first kappa shape index (κ1) is 28.6. The highest BCUT2D eigenvalue weighted by Gasteiger charge is 2.33. The molecule has 7 rings (SSSR count). The van der Waals surface area contributed by atoms with E-state index in [1.165, 1.54) is 16.8 Å². The molecule has 5 aromatic rings. The van der Waals surface area contributed by atoms with Crippen molar-refractivity contribution in [2.24, 2.45) is 0 Å². The van der Waals surface area contributed by atoms with E-state index in [0.717, 1.165) is 17.4 Å². The quantitative estimate of drug-likeness (QED) is 0.271. The number of nitrogens with two attached hydrogens (primary N) is 1. The normalized spacial score (nSPS) is 19.0. The number of fused-ring (bicyclic) bond motifs is 3. The predicted molar refractivity (Wildman–Crippen MR) is 158 cm³/mol. The molecule has 6 heterocycles. The highest BCUT2D eigenvalue weighted by molar-refractivity contribution is 7.17. The topological polar surface area (TPSA) is 138 Å². The molecule has 2 aliphatic rings. The first-order valence-electron chi connectivity index (χ1n) is 14.2. The zero-order chi connectivity index (χ0) is 30.6. The molecule has 16 heteroatoms. The first-order valence-corrected chi connectivity index (χ1v) is 15.0. The van der Waals surface area contributed by atoms with E-state index >= 15 is 0 Å². The van der Waals surface area contributed by atoms with Gasteiger partial charge in [0, 0.05) is 51.4 Å². The lowest BCUT2D eigenvalue weighted by Gasteiger charge is -2.36. The third-order valence-corrected chi connectivity index (χ3v) is 8.67. The Morgan fingerprint density at radius 2 is 1.93 bits per heavy atom. The lowest BCUT2D eigenvalue weighted by molar-refractivity contribution is -0.141. The summed E-state index contributed by atoms with van der Waals surface area (Å²) in [5.41, 5.74) is 7.34. The molecule has 13 nitrogen and oxygen atoms in total. The van der Waals surface area contributed by atoms with Gasteiger partial charge in [0.2, 0.25) is 11.8 Å². The Balaban J connectivity index is 1.01. The Bertz CT molecular complexity index is 1880. The summed E-state index contributed by atoms with van der Waals surface area (Å²) in [5, 5.41) is 4.39. The molecule has 0 saturated carbocycles. The number of anilines is 2. The van der Waals surface area contributed by atoms with Gasteiger partial charge >= 0.3 is 4.87 Å². The smallest absolute Gasteiger partial charge is 0.309 e. The third kappa shape index (κ3) is 5.38. The monoisotopic (exact) mass is 628 g/mol. The van der Waals surface area contributed by atoms with Crippen molar-refractivity contribution in [1.82, 2.24) is 29.0 Å². The summed E-state index contributed by atoms with van der Waals surface area (Å²) in [6.45, 7) is 7.21. The van der Waals surface area contributed by atoms with Gasteiger partial charge in [-0.2, -0.15) is 9.50 Å². The average Bonchev–Trinajstić information content (AvgIpc) is 3.78. The van der Waals surface area contributed by atoms with Crippen molar-refractivity contribution in [3.8, 4) is 17.3 Å². The first-order chi connectivity index (χ1) is 21.1. The van der Waals surface area contributed by atoms with Gasteiger partial charge in [-0.25, -0.2) is 13.8 Å². The van der Waals surface area contributed by atoms with Crippen molar-refractivity contribution in [3.63, 3.8) is 0 Å². The minimum absolute atomic E-state index is 0.0364. The van der Waals surface area contributed by atoms with Crippen LogP contribution in [0.4, 0.5) is 20.4 Å². The highest BCUT2D eigenvalue weighted by atomic mass is 32.1. The van der Waals surface area contributed by atoms with Crippen LogP contribution in [0, 0.1) is 11.6 Å². The fourth-order valence-electron chi connectivity index (χ4n) is 5.49. The summed E-state index contributed by atoms with van der Waals surface area (Å²) in [7, 11) is 0. The van der Waals surface area contributed by atoms with Gasteiger partial charge in [0.15, 0.2) is 34.4 Å². The highest BCUT2D eigenvalue weighted by Crippen LogP contribution is 2.31. The summed E-state index contributed by atoms with van der Waals surface area (Å²) < 4.78 is 55.2. The largest absolute Gasteiger partial charge is 0.488 e. The van der Waals surface area contributed by atoms with Crippen LogP contribution in [0.1, 0.15) is 13.8 Å². The fraction of sp³-hybridized carbons (Fsp3) is 0.429. The van der Waals surface area contributed by atoms with Crippen molar-refractivity contribution in [2.75, 3.05) is 56.6 Å². The second kappa shape index (κ2) is 11.1. The molecular weight excluding hydrogens is 598 g/mol. The maximum Gasteiger partial charge on any atom is 0.309 e. The van der Waals surface area contributed by atoms with Crippen molar-refractivity contribution >= 4 is 39.0 Å². The summed E-state index contributed by atoms with van der Waals surface area (Å²) >= 11 is 1.04. The predicted octanol–water partition coefficient (Wildman–Crippen LogP) is 2.97. The van der Waals surface area contributed by atoms with E-state index in [2.05, 4.69) is 20.0 Å². The molecule has 2 saturated heterocycles. The van der Waals surface area contributed by atoms with Crippen LogP contribution in [-0.2, 0) is 16.0 Å². The van der Waals surface area contributed by atoms with Gasteiger partial charge in [0.05, 0.1) is 18.6 Å². The molecule has 0 unspecified atom stereocenters. The van der Waals surface area contributed by atoms with E-state index in [1.807, 2.05) is 4.90 Å². The minimum Gasteiger partial charge on any atom is -0.488 e. The number of benzene rings is 1. The van der Waals surface area contributed by atoms with E-state index in [9.17, 15) is 13.6 Å². The van der Waals surface area contributed by atoms with E-state index < -0.39 is 17.4 Å². The Kier molecular flexibility index (Phi) is 7.23. The van der Waals surface area contributed by atoms with Crippen LogP contribution < -0.4 is 20.2 Å². The van der Waals surface area contributed by atoms with E-state index in [1.54, 1.807) is 30.5 Å². The SMILES string of the molecule is CC1(C)OC[C@H](COc2cc(N3CCN(CCn4c(=O)sc5c4nc(N)n4nc(-c6ccco6)nc54)CC3)c(F)cc2F)O1. The molecular formula is C28H30F2N8O5S. The third-order valence-electron chi connectivity index (χ3n) is 7.70. The van der Waals surface area contributed by atoms with Gasteiger partial charge in [0.25, 0.3) is 0 Å². The molecule has 0 bridgehead atoms. The number of rotatable bonds is 8. The van der Waals surface area contributed by atoms with Crippen LogP contribution in [0.15, 0.2) is 39.7 Å². The Morgan fingerprint density at radius 3 is 2.66 bits per heavy atom. The number of hydrogen-bond donors (Lipinski definition) is 1. The van der Waals surface area contributed by atoms with Crippen LogP contribution in [0.3, 0.4) is 0 Å². The molecule has 44 heavy (non-hydrogen) atoms. The zero-order valence-electron chi connectivity index (χ0n) is 24.0. The van der Waals surface area contributed by atoms with Gasteiger partial charge in [-0.3, -0.25) is 14.3 Å². The van der Waals surface area contributed by atoms with Crippen LogP contribution in [-0.4, -0.2) is 86.9 Å². The van der Waals surface area contributed by atoms with Crippen LogP contribution in [0.25, 0.3) is 27.6 Å². The average molecular weight is 629 g/mol. The molecule has 2 aliphatic heterocycles. The second-order valence-corrected chi connectivity index (χ2v) is 12.1. The van der Waals surface area contributed by atoms with Crippen molar-refractivity contribution < 1.29 is 27.4 Å². The number of thiazole rings is 1. The summed E-state index contributed by atoms with van der Waals surface area (Å²) in [4.78, 5) is 25.9. The number of piperazine rings is 1. The number of nitrogen functional groups attached to an aromatic ring is 1. The molecule has 1 aromatic carbocycles. The lowest BCUT2D eigenvalue weighted by atomic mass is 10.2. The van der Waals surface area contributed by atoms with Gasteiger partial charge in [-0.1, -0.05) is 11.3 Å². The van der Waals surface area contributed by atoms with Gasteiger partial charge in [-0.05, 0) is 26.0 Å². The molecule has 1 atom stereocenters.